The maximum atomic E-state index is 14.0. The van der Waals surface area contributed by atoms with Crippen LogP contribution in [0.5, 0.6) is 0 Å². The van der Waals surface area contributed by atoms with Gasteiger partial charge >= 0.3 is 12.1 Å². The fraction of sp³-hybridized carbons (Fsp3) is 0.566. The van der Waals surface area contributed by atoms with Crippen LogP contribution in [0.1, 0.15) is 101 Å². The summed E-state index contributed by atoms with van der Waals surface area (Å²) in [5.41, 5.74) is 0.106. The number of alkyl carbamates (subject to hydrolysis) is 1. The Morgan fingerprint density at radius 3 is 2.36 bits per heavy atom. The van der Waals surface area contributed by atoms with Gasteiger partial charge in [-0.3, -0.25) is 33.6 Å². The van der Waals surface area contributed by atoms with Gasteiger partial charge in [-0.25, -0.2) is 10.7 Å². The van der Waals surface area contributed by atoms with Crippen molar-refractivity contribution in [2.45, 2.75) is 132 Å². The third-order valence-electron chi connectivity index (χ3n) is 17.3. The number of benzene rings is 2. The third-order valence-corrected chi connectivity index (χ3v) is 17.3. The number of ketones is 2. The van der Waals surface area contributed by atoms with Crippen molar-refractivity contribution < 1.29 is 72.7 Å². The van der Waals surface area contributed by atoms with E-state index in [1.165, 1.54) is 0 Å². The first-order valence-corrected chi connectivity index (χ1v) is 25.1. The molecule has 9 N–H and O–H groups in total. The molecule has 3 aliphatic heterocycles. The van der Waals surface area contributed by atoms with Crippen LogP contribution >= 0.6 is 0 Å². The van der Waals surface area contributed by atoms with E-state index in [1.807, 2.05) is 37.3 Å². The molecule has 73 heavy (non-hydrogen) atoms. The van der Waals surface area contributed by atoms with Crippen molar-refractivity contribution in [3.05, 3.63) is 89.0 Å². The Kier molecular flexibility index (Phi) is 14.6. The van der Waals surface area contributed by atoms with Crippen LogP contribution < -0.4 is 27.2 Å². The van der Waals surface area contributed by atoms with Crippen LogP contribution in [0.15, 0.2) is 72.3 Å². The van der Waals surface area contributed by atoms with E-state index in [0.717, 1.165) is 29.5 Å². The molecule has 4 amide bonds. The molecule has 10 rings (SSSR count). The number of carboxylic acid groups (broad SMARTS) is 1. The lowest BCUT2D eigenvalue weighted by atomic mass is 9.46. The first kappa shape index (κ1) is 52.0. The normalized spacial score (nSPS) is 34.0. The number of aliphatic hydroxyl groups excluding tert-OH is 2. The molecule has 392 valence electrons. The third kappa shape index (κ3) is 9.97. The average molecular weight is 1010 g/mol. The van der Waals surface area contributed by atoms with E-state index >= 15 is 0 Å². The van der Waals surface area contributed by atoms with Crippen LogP contribution in [0, 0.1) is 28.6 Å². The highest BCUT2D eigenvalue weighted by Crippen LogP contribution is 2.70. The van der Waals surface area contributed by atoms with Crippen molar-refractivity contribution in [2.24, 2.45) is 34.5 Å². The van der Waals surface area contributed by atoms with Gasteiger partial charge in [0.05, 0.1) is 36.5 Å². The zero-order valence-corrected chi connectivity index (χ0v) is 41.0. The highest BCUT2D eigenvalue weighted by molar-refractivity contribution is 6.01. The molecule has 0 radical (unpaired) electrons. The Morgan fingerprint density at radius 2 is 1.68 bits per heavy atom. The minimum Gasteiger partial charge on any atom is -0.481 e. The quantitative estimate of drug-likeness (QED) is 0.0995. The Morgan fingerprint density at radius 1 is 0.959 bits per heavy atom. The number of amides is 4. The summed E-state index contributed by atoms with van der Waals surface area (Å²) in [5, 5.41) is 41.9. The largest absolute Gasteiger partial charge is 0.481 e. The molecular weight excluding hydrogens is 947 g/mol. The van der Waals surface area contributed by atoms with Gasteiger partial charge in [0.25, 0.3) is 0 Å². The number of nitrogens with two attached hydrogens (primary N) is 1. The van der Waals surface area contributed by atoms with Gasteiger partial charge in [0.1, 0.15) is 25.9 Å². The molecule has 2 bridgehead atoms. The summed E-state index contributed by atoms with van der Waals surface area (Å²) in [7, 11) is 0. The van der Waals surface area contributed by atoms with Crippen molar-refractivity contribution in [3.63, 3.8) is 0 Å². The van der Waals surface area contributed by atoms with Crippen LogP contribution in [0.25, 0.3) is 0 Å². The maximum absolute atomic E-state index is 14.0. The number of hydrogen-bond donors (Lipinski definition) is 8. The fourth-order valence-electron chi connectivity index (χ4n) is 13.6. The standard InChI is InChI=1S/C53H65N5O15/c1-49-16-15-35(60)21-33(49)9-12-36-37-22-41-53(40(62)26-59,50(37,2)24-39(61)45(36)49)73-47(72-41)32-7-3-30(4-8-32)23-52-19-17-51(18-20-52,29-70-52)58-48(68)69-27-31-5-10-34(11-6-31)56-46(67)38(13-14-44(65)66)57-42(63)25-55-43(64)28-71-54/h3-8,10-11,15-16,21,36-39,41,45,47,59,61H,9,12-14,17-20,22-29,54H2,1-2H3,(H,55,64)(H,56,67)(H,57,63)(H,58,68)(H,65,66)/t36-,37-,38-,39-,41+,45+,47+,49-,50-,51?,52?,53+/m0/s1. The van der Waals surface area contributed by atoms with Gasteiger partial charge in [-0.15, -0.1) is 0 Å². The van der Waals surface area contributed by atoms with E-state index in [0.29, 0.717) is 62.8 Å². The first-order chi connectivity index (χ1) is 34.8. The number of aliphatic carboxylic acids is 1. The van der Waals surface area contributed by atoms with Crippen molar-refractivity contribution in [1.29, 1.82) is 0 Å². The molecule has 3 saturated heterocycles. The van der Waals surface area contributed by atoms with Crippen LogP contribution in [0.4, 0.5) is 10.5 Å². The summed E-state index contributed by atoms with van der Waals surface area (Å²) in [6.07, 6.45) is 7.68. The fourth-order valence-corrected chi connectivity index (χ4v) is 13.6. The highest BCUT2D eigenvalue weighted by Gasteiger charge is 2.76. The maximum Gasteiger partial charge on any atom is 0.407 e. The van der Waals surface area contributed by atoms with Gasteiger partial charge < -0.3 is 55.5 Å². The summed E-state index contributed by atoms with van der Waals surface area (Å²) in [5.74, 6) is 1.10. The molecule has 20 heteroatoms. The minimum atomic E-state index is -1.44. The molecule has 10 atom stereocenters. The van der Waals surface area contributed by atoms with E-state index in [1.54, 1.807) is 36.4 Å². The first-order valence-electron chi connectivity index (χ1n) is 25.1. The lowest BCUT2D eigenvalue weighted by molar-refractivity contribution is -0.201. The van der Waals surface area contributed by atoms with Crippen molar-refractivity contribution in [3.8, 4) is 0 Å². The Labute approximate surface area is 422 Å². The van der Waals surface area contributed by atoms with Gasteiger partial charge in [-0.2, -0.15) is 0 Å². The van der Waals surface area contributed by atoms with E-state index in [2.05, 4.69) is 33.0 Å². The minimum absolute atomic E-state index is 0.00633. The number of fused-ring (bicyclic) bond motifs is 10. The predicted octanol–water partition coefficient (Wildman–Crippen LogP) is 3.13. The number of carbonyl (C=O) groups excluding carboxylic acids is 6. The number of rotatable bonds is 18. The monoisotopic (exact) mass is 1010 g/mol. The molecule has 0 spiro atoms. The summed E-state index contributed by atoms with van der Waals surface area (Å²) >= 11 is 0. The van der Waals surface area contributed by atoms with Crippen molar-refractivity contribution >= 4 is 47.0 Å². The van der Waals surface area contributed by atoms with E-state index < -0.39 is 114 Å². The number of allylic oxidation sites excluding steroid dienone is 4. The van der Waals surface area contributed by atoms with Crippen LogP contribution in [-0.2, 0) is 65.6 Å². The zero-order chi connectivity index (χ0) is 51.9. The molecule has 3 heterocycles. The highest BCUT2D eigenvalue weighted by atomic mass is 16.7. The van der Waals surface area contributed by atoms with Crippen molar-refractivity contribution in [1.82, 2.24) is 16.0 Å². The Balaban J connectivity index is 0.752. The average Bonchev–Trinajstić information content (AvgIpc) is 3.87. The zero-order valence-electron chi connectivity index (χ0n) is 41.0. The second-order valence-electron chi connectivity index (χ2n) is 21.5. The van der Waals surface area contributed by atoms with Crippen LogP contribution in [0.3, 0.4) is 0 Å². The Hall–Kier alpha value is -5.87. The van der Waals surface area contributed by atoms with Gasteiger partial charge in [0.2, 0.25) is 17.7 Å². The molecule has 20 nitrogen and oxygen atoms in total. The summed E-state index contributed by atoms with van der Waals surface area (Å²) < 4.78 is 25.6. The molecular formula is C53H65N5O15. The van der Waals surface area contributed by atoms with Crippen LogP contribution in [-0.4, -0.2) is 118 Å². The SMILES string of the molecule is C[C@]12C=CC(=O)C=C1CC[C@@H]1[C@@H]2[C@@H](O)C[C@@]2(C)[C@H]1C[C@H]1O[C@@H](c3ccc(CC45CCC(NC(=O)OCc6ccc(NC(=O)[C@H](CCC(=O)O)NC(=O)CNC(=O)CON)cc6)(CC4)CO5)cc3)O[C@]12C(=O)CO. The lowest BCUT2D eigenvalue weighted by Crippen LogP contribution is -2.63. The van der Waals surface area contributed by atoms with Gasteiger partial charge in [0, 0.05) is 40.8 Å². The molecule has 7 fully saturated rings. The number of carboxylic acids is 1. The van der Waals surface area contributed by atoms with E-state index in [-0.39, 0.29) is 36.6 Å². The van der Waals surface area contributed by atoms with Gasteiger partial charge in [-0.1, -0.05) is 61.9 Å². The predicted molar refractivity (Wildman–Crippen MR) is 257 cm³/mol. The molecule has 0 aromatic heterocycles. The Bertz CT molecular complexity index is 2540. The lowest BCUT2D eigenvalue weighted by Gasteiger charge is -2.59. The number of hydrogen-bond acceptors (Lipinski definition) is 15. The second-order valence-corrected chi connectivity index (χ2v) is 21.5. The molecule has 5 aliphatic carbocycles. The molecule has 0 unspecified atom stereocenters. The number of Topliss-reactive ketones (excluding diaryl/α,β-unsaturated/α-hetero) is 1. The number of ether oxygens (including phenoxy) is 4. The van der Waals surface area contributed by atoms with Crippen molar-refractivity contribution in [2.75, 3.05) is 31.7 Å². The molecule has 4 saturated carbocycles. The summed E-state index contributed by atoms with van der Waals surface area (Å²) in [4.78, 5) is 91.8. The van der Waals surface area contributed by atoms with Gasteiger partial charge in [0.15, 0.2) is 23.5 Å². The number of carbonyl (C=O) groups is 7. The number of anilines is 1. The number of nitrogens with one attached hydrogen (secondary N) is 4. The number of aliphatic hydroxyl groups is 2. The second kappa shape index (κ2) is 20.4. The topological polar surface area (TPSA) is 300 Å². The van der Waals surface area contributed by atoms with Gasteiger partial charge in [-0.05, 0) is 105 Å². The molecule has 2 aromatic carbocycles. The molecule has 8 aliphatic rings. The summed E-state index contributed by atoms with van der Waals surface area (Å²) in [6, 6.07) is 13.2. The molecule has 2 aromatic rings. The smallest absolute Gasteiger partial charge is 0.407 e. The van der Waals surface area contributed by atoms with E-state index in [9.17, 15) is 43.8 Å². The van der Waals surface area contributed by atoms with E-state index in [4.69, 9.17) is 30.0 Å². The summed E-state index contributed by atoms with van der Waals surface area (Å²) in [6.45, 7) is 2.73. The van der Waals surface area contributed by atoms with Crippen LogP contribution in [0.2, 0.25) is 0 Å².